The van der Waals surface area contributed by atoms with Crippen molar-refractivity contribution in [1.82, 2.24) is 14.7 Å². The van der Waals surface area contributed by atoms with Gasteiger partial charge in [-0.2, -0.15) is 5.10 Å². The van der Waals surface area contributed by atoms with Crippen LogP contribution in [0.3, 0.4) is 0 Å². The number of halogens is 1. The van der Waals surface area contributed by atoms with E-state index in [0.717, 1.165) is 31.4 Å². The predicted octanol–water partition coefficient (Wildman–Crippen LogP) is 2.58. The molecule has 1 aromatic rings. The molecule has 0 radical (unpaired) electrons. The molecule has 0 saturated heterocycles. The van der Waals surface area contributed by atoms with E-state index < -0.39 is 0 Å². The van der Waals surface area contributed by atoms with E-state index in [0.29, 0.717) is 0 Å². The second kappa shape index (κ2) is 5.87. The van der Waals surface area contributed by atoms with Crippen LogP contribution in [0.25, 0.3) is 0 Å². The van der Waals surface area contributed by atoms with Gasteiger partial charge in [0.25, 0.3) is 0 Å². The van der Waals surface area contributed by atoms with Crippen molar-refractivity contribution < 1.29 is 0 Å². The fraction of sp³-hybridized carbons (Fsp3) is 0.769. The van der Waals surface area contributed by atoms with E-state index in [9.17, 15) is 0 Å². The van der Waals surface area contributed by atoms with E-state index in [2.05, 4.69) is 23.0 Å². The van der Waals surface area contributed by atoms with Gasteiger partial charge in [-0.25, -0.2) is 0 Å². The van der Waals surface area contributed by atoms with Gasteiger partial charge in [-0.15, -0.1) is 11.6 Å². The SMILES string of the molecule is CCc1cc(CN(CCCl)C2CCC2)n(C)n1. The lowest BCUT2D eigenvalue weighted by atomic mass is 9.91. The number of aryl methyl sites for hydroxylation is 2. The molecular weight excluding hydrogens is 234 g/mol. The van der Waals surface area contributed by atoms with Gasteiger partial charge in [0, 0.05) is 32.1 Å². The van der Waals surface area contributed by atoms with Gasteiger partial charge in [-0.05, 0) is 25.3 Å². The summed E-state index contributed by atoms with van der Waals surface area (Å²) in [6.45, 7) is 4.12. The highest BCUT2D eigenvalue weighted by molar-refractivity contribution is 6.18. The van der Waals surface area contributed by atoms with Crippen molar-refractivity contribution in [1.29, 1.82) is 0 Å². The Labute approximate surface area is 109 Å². The standard InChI is InChI=1S/C13H22ClN3/c1-3-11-9-13(16(2)15-11)10-17(8-7-14)12-5-4-6-12/h9,12H,3-8,10H2,1-2H3. The molecule has 0 amide bonds. The zero-order valence-electron chi connectivity index (χ0n) is 10.8. The normalized spacial score (nSPS) is 16.5. The van der Waals surface area contributed by atoms with Gasteiger partial charge in [0.15, 0.2) is 0 Å². The third kappa shape index (κ3) is 3.02. The lowest BCUT2D eigenvalue weighted by Crippen LogP contribution is -2.41. The lowest BCUT2D eigenvalue weighted by Gasteiger charge is -2.37. The molecule has 1 aliphatic carbocycles. The number of nitrogens with zero attached hydrogens (tertiary/aromatic N) is 3. The summed E-state index contributed by atoms with van der Waals surface area (Å²) in [6.07, 6.45) is 5.03. The van der Waals surface area contributed by atoms with Crippen LogP contribution >= 0.6 is 11.6 Å². The summed E-state index contributed by atoms with van der Waals surface area (Å²) >= 11 is 5.90. The number of aromatic nitrogens is 2. The molecule has 0 bridgehead atoms. The maximum atomic E-state index is 5.90. The molecule has 17 heavy (non-hydrogen) atoms. The molecule has 1 heterocycles. The Balaban J connectivity index is 2.02. The monoisotopic (exact) mass is 255 g/mol. The Morgan fingerprint density at radius 3 is 2.76 bits per heavy atom. The third-order valence-corrected chi connectivity index (χ3v) is 3.89. The summed E-state index contributed by atoms with van der Waals surface area (Å²) < 4.78 is 2.01. The van der Waals surface area contributed by atoms with Crippen molar-refractivity contribution in [2.24, 2.45) is 7.05 Å². The summed E-state index contributed by atoms with van der Waals surface area (Å²) in [5.41, 5.74) is 2.49. The minimum Gasteiger partial charge on any atom is -0.293 e. The number of alkyl halides is 1. The summed E-state index contributed by atoms with van der Waals surface area (Å²) in [5.74, 6) is 0.717. The van der Waals surface area contributed by atoms with Gasteiger partial charge in [0.1, 0.15) is 0 Å². The van der Waals surface area contributed by atoms with E-state index in [1.807, 2.05) is 11.7 Å². The number of rotatable bonds is 6. The highest BCUT2D eigenvalue weighted by Gasteiger charge is 2.25. The molecule has 1 saturated carbocycles. The maximum Gasteiger partial charge on any atom is 0.0625 e. The molecule has 0 unspecified atom stereocenters. The molecule has 0 atom stereocenters. The third-order valence-electron chi connectivity index (χ3n) is 3.72. The van der Waals surface area contributed by atoms with Crippen LogP contribution in [0.5, 0.6) is 0 Å². The van der Waals surface area contributed by atoms with Crippen molar-refractivity contribution in [3.05, 3.63) is 17.5 Å². The predicted molar refractivity (Wildman–Crippen MR) is 71.4 cm³/mol. The Morgan fingerprint density at radius 1 is 1.53 bits per heavy atom. The van der Waals surface area contributed by atoms with Crippen molar-refractivity contribution in [2.75, 3.05) is 12.4 Å². The van der Waals surface area contributed by atoms with Crippen LogP contribution in [0.15, 0.2) is 6.07 Å². The zero-order chi connectivity index (χ0) is 12.3. The first kappa shape index (κ1) is 12.9. The van der Waals surface area contributed by atoms with E-state index in [-0.39, 0.29) is 0 Å². The molecule has 3 nitrogen and oxygen atoms in total. The maximum absolute atomic E-state index is 5.90. The van der Waals surface area contributed by atoms with E-state index in [1.54, 1.807) is 0 Å². The Hall–Kier alpha value is -0.540. The molecule has 0 spiro atoms. The lowest BCUT2D eigenvalue weighted by molar-refractivity contribution is 0.124. The first-order valence-electron chi connectivity index (χ1n) is 6.56. The van der Waals surface area contributed by atoms with Gasteiger partial charge in [-0.1, -0.05) is 13.3 Å². The fourth-order valence-corrected chi connectivity index (χ4v) is 2.57. The van der Waals surface area contributed by atoms with E-state index >= 15 is 0 Å². The largest absolute Gasteiger partial charge is 0.293 e. The highest BCUT2D eigenvalue weighted by Crippen LogP contribution is 2.26. The van der Waals surface area contributed by atoms with Gasteiger partial charge in [-0.3, -0.25) is 9.58 Å². The summed E-state index contributed by atoms with van der Waals surface area (Å²) in [7, 11) is 2.04. The Morgan fingerprint density at radius 2 is 2.29 bits per heavy atom. The first-order chi connectivity index (χ1) is 8.24. The van der Waals surface area contributed by atoms with Crippen LogP contribution < -0.4 is 0 Å². The average molecular weight is 256 g/mol. The van der Waals surface area contributed by atoms with Crippen molar-refractivity contribution in [3.63, 3.8) is 0 Å². The first-order valence-corrected chi connectivity index (χ1v) is 7.09. The molecule has 1 fully saturated rings. The number of hydrogen-bond acceptors (Lipinski definition) is 2. The van der Waals surface area contributed by atoms with Gasteiger partial charge >= 0.3 is 0 Å². The fourth-order valence-electron chi connectivity index (χ4n) is 2.35. The molecule has 1 aromatic heterocycles. The van der Waals surface area contributed by atoms with Gasteiger partial charge in [0.2, 0.25) is 0 Å². The molecule has 2 rings (SSSR count). The summed E-state index contributed by atoms with van der Waals surface area (Å²) in [5, 5.41) is 4.50. The molecule has 0 aromatic carbocycles. The minimum absolute atomic E-state index is 0.717. The van der Waals surface area contributed by atoms with Crippen LogP contribution in [0.1, 0.15) is 37.6 Å². The van der Waals surface area contributed by atoms with Gasteiger partial charge in [0.05, 0.1) is 11.4 Å². The molecule has 0 N–H and O–H groups in total. The second-order valence-corrected chi connectivity index (χ2v) is 5.23. The van der Waals surface area contributed by atoms with Crippen molar-refractivity contribution >= 4 is 11.6 Å². The molecule has 4 heteroatoms. The van der Waals surface area contributed by atoms with Crippen molar-refractivity contribution in [3.8, 4) is 0 Å². The van der Waals surface area contributed by atoms with Crippen LogP contribution in [0.2, 0.25) is 0 Å². The average Bonchev–Trinajstić information content (AvgIpc) is 2.57. The van der Waals surface area contributed by atoms with Crippen molar-refractivity contribution in [2.45, 2.75) is 45.2 Å². The molecule has 96 valence electrons. The quantitative estimate of drug-likeness (QED) is 0.729. The van der Waals surface area contributed by atoms with Crippen LogP contribution in [0, 0.1) is 0 Å². The Kier molecular flexibility index (Phi) is 4.46. The Bertz CT molecular complexity index is 358. The van der Waals surface area contributed by atoms with Crippen LogP contribution in [0.4, 0.5) is 0 Å². The van der Waals surface area contributed by atoms with E-state index in [1.165, 1.54) is 30.7 Å². The summed E-state index contributed by atoms with van der Waals surface area (Å²) in [4.78, 5) is 2.51. The minimum atomic E-state index is 0.717. The second-order valence-electron chi connectivity index (χ2n) is 4.85. The smallest absolute Gasteiger partial charge is 0.0625 e. The summed E-state index contributed by atoms with van der Waals surface area (Å²) in [6, 6.07) is 2.97. The van der Waals surface area contributed by atoms with Gasteiger partial charge < -0.3 is 0 Å². The topological polar surface area (TPSA) is 21.1 Å². The zero-order valence-corrected chi connectivity index (χ0v) is 11.6. The molecule has 0 aliphatic heterocycles. The molecular formula is C13H22ClN3. The highest BCUT2D eigenvalue weighted by atomic mass is 35.5. The van der Waals surface area contributed by atoms with Crippen LogP contribution in [-0.2, 0) is 20.0 Å². The molecule has 1 aliphatic rings. The van der Waals surface area contributed by atoms with E-state index in [4.69, 9.17) is 11.6 Å². The van der Waals surface area contributed by atoms with Crippen LogP contribution in [-0.4, -0.2) is 33.1 Å². The number of hydrogen-bond donors (Lipinski definition) is 0.